The van der Waals surface area contributed by atoms with Gasteiger partial charge in [-0.1, -0.05) is 55.8 Å². The molecule has 0 unspecified atom stereocenters. The van der Waals surface area contributed by atoms with E-state index in [1.165, 1.54) is 49.2 Å². The Labute approximate surface area is 122 Å². The zero-order chi connectivity index (χ0) is 13.8. The number of rotatable bonds is 3. The Morgan fingerprint density at radius 3 is 2.05 bits per heavy atom. The molecule has 20 heavy (non-hydrogen) atoms. The summed E-state index contributed by atoms with van der Waals surface area (Å²) < 4.78 is 0. The maximum absolute atomic E-state index is 2.53. The quantitative estimate of drug-likeness (QED) is 0.756. The van der Waals surface area contributed by atoms with Crippen LogP contribution in [0.2, 0.25) is 0 Å². The van der Waals surface area contributed by atoms with Gasteiger partial charge in [0.2, 0.25) is 0 Å². The molecule has 1 fully saturated rings. The van der Waals surface area contributed by atoms with Crippen LogP contribution in [0.1, 0.15) is 26.2 Å². The summed E-state index contributed by atoms with van der Waals surface area (Å²) in [5.41, 5.74) is 3.97. The highest BCUT2D eigenvalue weighted by molar-refractivity contribution is 5.66. The molecule has 1 nitrogen and oxygen atoms in total. The zero-order valence-corrected chi connectivity index (χ0v) is 12.3. The lowest BCUT2D eigenvalue weighted by Crippen LogP contribution is -2.33. The molecular formula is C19H23N. The molecule has 2 aromatic rings. The van der Waals surface area contributed by atoms with E-state index in [2.05, 4.69) is 66.4 Å². The molecular weight excluding hydrogens is 242 g/mol. The maximum Gasteiger partial charge on any atom is 0.0366 e. The minimum absolute atomic E-state index is 0.940. The van der Waals surface area contributed by atoms with Gasteiger partial charge in [0, 0.05) is 18.8 Å². The lowest BCUT2D eigenvalue weighted by Gasteiger charge is -2.33. The zero-order valence-electron chi connectivity index (χ0n) is 12.3. The third-order valence-corrected chi connectivity index (χ3v) is 4.53. The van der Waals surface area contributed by atoms with E-state index in [1.807, 2.05) is 0 Å². The van der Waals surface area contributed by atoms with Crippen LogP contribution in [0, 0.1) is 5.92 Å². The SMILES string of the molecule is CCC1CCN(c2ccc(-c3ccccc3)cc2)CC1. The first kappa shape index (κ1) is 13.2. The summed E-state index contributed by atoms with van der Waals surface area (Å²) in [7, 11) is 0. The summed E-state index contributed by atoms with van der Waals surface area (Å²) in [4.78, 5) is 2.53. The molecule has 1 aliphatic rings. The van der Waals surface area contributed by atoms with Crippen molar-refractivity contribution in [1.29, 1.82) is 0 Å². The number of anilines is 1. The largest absolute Gasteiger partial charge is 0.372 e. The van der Waals surface area contributed by atoms with Crippen molar-refractivity contribution in [3.8, 4) is 11.1 Å². The predicted molar refractivity (Wildman–Crippen MR) is 87.1 cm³/mol. The molecule has 2 aromatic carbocycles. The minimum Gasteiger partial charge on any atom is -0.372 e. The Bertz CT molecular complexity index is 521. The molecule has 0 aliphatic carbocycles. The highest BCUT2D eigenvalue weighted by Gasteiger charge is 2.17. The van der Waals surface area contributed by atoms with Crippen molar-refractivity contribution in [1.82, 2.24) is 0 Å². The molecule has 1 heteroatoms. The molecule has 0 aromatic heterocycles. The Balaban J connectivity index is 1.71. The Morgan fingerprint density at radius 1 is 0.850 bits per heavy atom. The van der Waals surface area contributed by atoms with Crippen LogP contribution in [0.5, 0.6) is 0 Å². The van der Waals surface area contributed by atoms with E-state index < -0.39 is 0 Å². The number of nitrogens with zero attached hydrogens (tertiary/aromatic N) is 1. The Hall–Kier alpha value is -1.76. The van der Waals surface area contributed by atoms with Gasteiger partial charge in [0.25, 0.3) is 0 Å². The first-order valence-corrected chi connectivity index (χ1v) is 7.77. The van der Waals surface area contributed by atoms with E-state index in [4.69, 9.17) is 0 Å². The standard InChI is InChI=1S/C19H23N/c1-2-16-12-14-20(15-13-16)19-10-8-18(9-11-19)17-6-4-3-5-7-17/h3-11,16H,2,12-15H2,1H3. The molecule has 1 heterocycles. The second-order valence-electron chi connectivity index (χ2n) is 5.75. The van der Waals surface area contributed by atoms with Crippen molar-refractivity contribution in [3.05, 3.63) is 54.6 Å². The van der Waals surface area contributed by atoms with Gasteiger partial charge in [0.05, 0.1) is 0 Å². The van der Waals surface area contributed by atoms with Gasteiger partial charge in [0.1, 0.15) is 0 Å². The first-order valence-electron chi connectivity index (χ1n) is 7.77. The number of piperidine rings is 1. The minimum atomic E-state index is 0.940. The van der Waals surface area contributed by atoms with Gasteiger partial charge >= 0.3 is 0 Å². The monoisotopic (exact) mass is 265 g/mol. The second-order valence-corrected chi connectivity index (χ2v) is 5.75. The van der Waals surface area contributed by atoms with Crippen LogP contribution in [0.25, 0.3) is 11.1 Å². The normalized spacial score (nSPS) is 16.4. The molecule has 104 valence electrons. The van der Waals surface area contributed by atoms with Crippen LogP contribution in [0.15, 0.2) is 54.6 Å². The summed E-state index contributed by atoms with van der Waals surface area (Å²) in [6.45, 7) is 4.74. The summed E-state index contributed by atoms with van der Waals surface area (Å²) in [6, 6.07) is 19.6. The van der Waals surface area contributed by atoms with Crippen molar-refractivity contribution >= 4 is 5.69 Å². The smallest absolute Gasteiger partial charge is 0.0366 e. The molecule has 0 radical (unpaired) electrons. The van der Waals surface area contributed by atoms with Crippen LogP contribution < -0.4 is 4.90 Å². The molecule has 0 N–H and O–H groups in total. The van der Waals surface area contributed by atoms with E-state index in [0.717, 1.165) is 5.92 Å². The Kier molecular flexibility index (Phi) is 4.05. The average Bonchev–Trinajstić information content (AvgIpc) is 2.56. The van der Waals surface area contributed by atoms with Crippen molar-refractivity contribution < 1.29 is 0 Å². The van der Waals surface area contributed by atoms with Crippen molar-refractivity contribution in [3.63, 3.8) is 0 Å². The third kappa shape index (κ3) is 2.87. The summed E-state index contributed by atoms with van der Waals surface area (Å²) in [6.07, 6.45) is 4.02. The third-order valence-electron chi connectivity index (χ3n) is 4.53. The highest BCUT2D eigenvalue weighted by atomic mass is 15.1. The van der Waals surface area contributed by atoms with E-state index in [9.17, 15) is 0 Å². The van der Waals surface area contributed by atoms with Crippen LogP contribution in [0.3, 0.4) is 0 Å². The van der Waals surface area contributed by atoms with E-state index in [0.29, 0.717) is 0 Å². The van der Waals surface area contributed by atoms with Gasteiger partial charge in [-0.25, -0.2) is 0 Å². The topological polar surface area (TPSA) is 3.24 Å². The van der Waals surface area contributed by atoms with Gasteiger partial charge in [-0.3, -0.25) is 0 Å². The summed E-state index contributed by atoms with van der Waals surface area (Å²) in [5.74, 6) is 0.940. The fourth-order valence-corrected chi connectivity index (χ4v) is 3.09. The summed E-state index contributed by atoms with van der Waals surface area (Å²) >= 11 is 0. The second kappa shape index (κ2) is 6.13. The number of benzene rings is 2. The highest BCUT2D eigenvalue weighted by Crippen LogP contribution is 2.27. The lowest BCUT2D eigenvalue weighted by molar-refractivity contribution is 0.395. The molecule has 0 amide bonds. The molecule has 1 saturated heterocycles. The van der Waals surface area contributed by atoms with Gasteiger partial charge in [-0.2, -0.15) is 0 Å². The number of hydrogen-bond acceptors (Lipinski definition) is 1. The predicted octanol–water partition coefficient (Wildman–Crippen LogP) is 4.98. The van der Waals surface area contributed by atoms with E-state index in [-0.39, 0.29) is 0 Å². The van der Waals surface area contributed by atoms with Crippen LogP contribution in [0.4, 0.5) is 5.69 Å². The first-order chi connectivity index (χ1) is 9.86. The molecule has 0 bridgehead atoms. The van der Waals surface area contributed by atoms with Gasteiger partial charge < -0.3 is 4.90 Å². The van der Waals surface area contributed by atoms with Crippen molar-refractivity contribution in [2.45, 2.75) is 26.2 Å². The molecule has 1 aliphatic heterocycles. The van der Waals surface area contributed by atoms with Crippen LogP contribution in [-0.4, -0.2) is 13.1 Å². The van der Waals surface area contributed by atoms with Gasteiger partial charge in [-0.15, -0.1) is 0 Å². The van der Waals surface area contributed by atoms with Crippen LogP contribution in [-0.2, 0) is 0 Å². The molecule has 0 atom stereocenters. The summed E-state index contributed by atoms with van der Waals surface area (Å²) in [5, 5.41) is 0. The van der Waals surface area contributed by atoms with E-state index >= 15 is 0 Å². The van der Waals surface area contributed by atoms with Crippen molar-refractivity contribution in [2.75, 3.05) is 18.0 Å². The molecule has 3 rings (SSSR count). The van der Waals surface area contributed by atoms with Crippen LogP contribution >= 0.6 is 0 Å². The maximum atomic E-state index is 2.53. The Morgan fingerprint density at radius 2 is 1.45 bits per heavy atom. The average molecular weight is 265 g/mol. The van der Waals surface area contributed by atoms with Gasteiger partial charge in [0.15, 0.2) is 0 Å². The molecule has 0 saturated carbocycles. The fourth-order valence-electron chi connectivity index (χ4n) is 3.09. The fraction of sp³-hybridized carbons (Fsp3) is 0.368. The van der Waals surface area contributed by atoms with Crippen molar-refractivity contribution in [2.24, 2.45) is 5.92 Å². The number of hydrogen-bond donors (Lipinski definition) is 0. The molecule has 0 spiro atoms. The van der Waals surface area contributed by atoms with Gasteiger partial charge in [-0.05, 0) is 42.0 Å². The van der Waals surface area contributed by atoms with E-state index in [1.54, 1.807) is 0 Å². The lowest BCUT2D eigenvalue weighted by atomic mass is 9.94.